The summed E-state index contributed by atoms with van der Waals surface area (Å²) in [5.74, 6) is 5.23. The molecule has 1 aromatic rings. The van der Waals surface area contributed by atoms with E-state index >= 15 is 0 Å². The highest BCUT2D eigenvalue weighted by molar-refractivity contribution is 7.89. The Balaban J connectivity index is 2.67. The summed E-state index contributed by atoms with van der Waals surface area (Å²) in [6, 6.07) is 0. The van der Waals surface area contributed by atoms with Gasteiger partial charge in [-0.2, -0.15) is 0 Å². The Hall–Kier alpha value is -1.29. The standard InChI is InChI=1S/C9H17N5O3S/c1-3-17-7(2)4-13-18(15,16)8-5-11-9(14-10)12-6-8/h5-7,13H,3-4,10H2,1-2H3,(H,11,12,14). The Kier molecular flexibility index (Phi) is 5.41. The molecule has 8 nitrogen and oxygen atoms in total. The molecule has 18 heavy (non-hydrogen) atoms. The molecular weight excluding hydrogens is 258 g/mol. The maximum atomic E-state index is 11.8. The van der Waals surface area contributed by atoms with Crippen LogP contribution >= 0.6 is 0 Å². The molecule has 102 valence electrons. The number of nitrogen functional groups attached to an aromatic ring is 1. The minimum absolute atomic E-state index is 0.0230. The molecule has 0 aliphatic rings. The normalized spacial score (nSPS) is 13.3. The van der Waals surface area contributed by atoms with Gasteiger partial charge in [0.1, 0.15) is 4.90 Å². The number of hydrazine groups is 1. The minimum Gasteiger partial charge on any atom is -0.377 e. The van der Waals surface area contributed by atoms with Gasteiger partial charge in [-0.3, -0.25) is 5.43 Å². The quantitative estimate of drug-likeness (QED) is 0.452. The summed E-state index contributed by atoms with van der Waals surface area (Å²) in [5.41, 5.74) is 2.22. The topological polar surface area (TPSA) is 119 Å². The largest absolute Gasteiger partial charge is 0.377 e. The fourth-order valence-electron chi connectivity index (χ4n) is 1.18. The number of rotatable bonds is 7. The molecule has 0 bridgehead atoms. The average Bonchev–Trinajstić information content (AvgIpc) is 2.37. The van der Waals surface area contributed by atoms with Gasteiger partial charge in [-0.25, -0.2) is 29.0 Å². The van der Waals surface area contributed by atoms with Crippen LogP contribution in [0.4, 0.5) is 5.95 Å². The van der Waals surface area contributed by atoms with Gasteiger partial charge < -0.3 is 4.74 Å². The summed E-state index contributed by atoms with van der Waals surface area (Å²) in [7, 11) is -3.62. The molecule has 0 spiro atoms. The second-order valence-corrected chi connectivity index (χ2v) is 5.27. The first-order valence-corrected chi connectivity index (χ1v) is 6.88. The van der Waals surface area contributed by atoms with E-state index in [-0.39, 0.29) is 23.5 Å². The number of ether oxygens (including phenoxy) is 1. The fourth-order valence-corrected chi connectivity index (χ4v) is 2.19. The fraction of sp³-hybridized carbons (Fsp3) is 0.556. The van der Waals surface area contributed by atoms with Gasteiger partial charge in [0.25, 0.3) is 0 Å². The van der Waals surface area contributed by atoms with Crippen molar-refractivity contribution in [1.29, 1.82) is 0 Å². The zero-order chi connectivity index (χ0) is 13.6. The Bertz CT molecular complexity index is 462. The van der Waals surface area contributed by atoms with E-state index in [1.165, 1.54) is 12.4 Å². The number of sulfonamides is 1. The summed E-state index contributed by atoms with van der Waals surface area (Å²) in [5, 5.41) is 0. The van der Waals surface area contributed by atoms with Gasteiger partial charge in [-0.05, 0) is 13.8 Å². The molecule has 1 aromatic heterocycles. The maximum absolute atomic E-state index is 11.8. The van der Waals surface area contributed by atoms with Gasteiger partial charge in [0.15, 0.2) is 0 Å². The molecule has 0 aromatic carbocycles. The zero-order valence-electron chi connectivity index (χ0n) is 10.3. The van der Waals surface area contributed by atoms with Crippen molar-refractivity contribution in [3.8, 4) is 0 Å². The van der Waals surface area contributed by atoms with Crippen molar-refractivity contribution in [2.45, 2.75) is 24.8 Å². The average molecular weight is 275 g/mol. The lowest BCUT2D eigenvalue weighted by Crippen LogP contribution is -2.32. The van der Waals surface area contributed by atoms with Gasteiger partial charge in [-0.1, -0.05) is 0 Å². The Morgan fingerprint density at radius 2 is 2.06 bits per heavy atom. The van der Waals surface area contributed by atoms with Crippen LogP contribution in [0.2, 0.25) is 0 Å². The second-order valence-electron chi connectivity index (χ2n) is 3.50. The highest BCUT2D eigenvalue weighted by Gasteiger charge is 2.16. The molecule has 0 radical (unpaired) electrons. The lowest BCUT2D eigenvalue weighted by atomic mass is 10.4. The highest BCUT2D eigenvalue weighted by atomic mass is 32.2. The maximum Gasteiger partial charge on any atom is 0.243 e. The predicted octanol–water partition coefficient (Wildman–Crippen LogP) is -0.534. The van der Waals surface area contributed by atoms with E-state index in [1.807, 2.05) is 6.92 Å². The summed E-state index contributed by atoms with van der Waals surface area (Å²) < 4.78 is 31.3. The van der Waals surface area contributed by atoms with Gasteiger partial charge in [0, 0.05) is 13.2 Å². The van der Waals surface area contributed by atoms with Crippen LogP contribution in [0.5, 0.6) is 0 Å². The molecule has 4 N–H and O–H groups in total. The zero-order valence-corrected chi connectivity index (χ0v) is 11.1. The third-order valence-corrected chi connectivity index (χ3v) is 3.46. The lowest BCUT2D eigenvalue weighted by Gasteiger charge is -2.12. The van der Waals surface area contributed by atoms with Gasteiger partial charge in [-0.15, -0.1) is 0 Å². The SMILES string of the molecule is CCOC(C)CNS(=O)(=O)c1cnc(NN)nc1. The molecule has 0 fully saturated rings. The van der Waals surface area contributed by atoms with E-state index in [4.69, 9.17) is 10.6 Å². The summed E-state index contributed by atoms with van der Waals surface area (Å²) in [4.78, 5) is 7.44. The van der Waals surface area contributed by atoms with E-state index < -0.39 is 10.0 Å². The van der Waals surface area contributed by atoms with Crippen LogP contribution in [-0.2, 0) is 14.8 Å². The first-order chi connectivity index (χ1) is 8.49. The molecule has 0 saturated carbocycles. The molecule has 1 unspecified atom stereocenters. The van der Waals surface area contributed by atoms with E-state index in [2.05, 4.69) is 20.1 Å². The second kappa shape index (κ2) is 6.59. The summed E-state index contributed by atoms with van der Waals surface area (Å²) in [6.45, 7) is 4.34. The molecule has 1 atom stereocenters. The summed E-state index contributed by atoms with van der Waals surface area (Å²) >= 11 is 0. The number of nitrogens with zero attached hydrogens (tertiary/aromatic N) is 2. The first kappa shape index (κ1) is 14.8. The molecule has 0 aliphatic heterocycles. The molecule has 9 heteroatoms. The predicted molar refractivity (Wildman–Crippen MR) is 66.1 cm³/mol. The number of hydrogen-bond acceptors (Lipinski definition) is 7. The van der Waals surface area contributed by atoms with Crippen molar-refractivity contribution < 1.29 is 13.2 Å². The summed E-state index contributed by atoms with van der Waals surface area (Å²) in [6.07, 6.45) is 2.15. The van der Waals surface area contributed by atoms with Gasteiger partial charge in [0.2, 0.25) is 16.0 Å². The van der Waals surface area contributed by atoms with Crippen LogP contribution < -0.4 is 16.0 Å². The van der Waals surface area contributed by atoms with Gasteiger partial charge in [0.05, 0.1) is 18.5 Å². The lowest BCUT2D eigenvalue weighted by molar-refractivity contribution is 0.0799. The van der Waals surface area contributed by atoms with Gasteiger partial charge >= 0.3 is 0 Å². The van der Waals surface area contributed by atoms with Crippen LogP contribution in [0.1, 0.15) is 13.8 Å². The van der Waals surface area contributed by atoms with E-state index in [0.29, 0.717) is 6.61 Å². The number of aromatic nitrogens is 2. The van der Waals surface area contributed by atoms with E-state index in [0.717, 1.165) is 0 Å². The van der Waals surface area contributed by atoms with Crippen LogP contribution in [0, 0.1) is 0 Å². The molecule has 0 amide bonds. The molecule has 0 saturated heterocycles. The van der Waals surface area contributed by atoms with Crippen LogP contribution in [0.15, 0.2) is 17.3 Å². The Morgan fingerprint density at radius 1 is 1.44 bits per heavy atom. The van der Waals surface area contributed by atoms with E-state index in [9.17, 15) is 8.42 Å². The van der Waals surface area contributed by atoms with Crippen LogP contribution in [-0.4, -0.2) is 37.6 Å². The van der Waals surface area contributed by atoms with Crippen LogP contribution in [0.25, 0.3) is 0 Å². The number of nitrogens with two attached hydrogens (primary N) is 1. The van der Waals surface area contributed by atoms with Crippen molar-refractivity contribution in [1.82, 2.24) is 14.7 Å². The number of anilines is 1. The third-order valence-electron chi connectivity index (χ3n) is 2.08. The molecule has 1 heterocycles. The third kappa shape index (κ3) is 4.18. The number of nitrogens with one attached hydrogen (secondary N) is 2. The Morgan fingerprint density at radius 3 is 2.56 bits per heavy atom. The van der Waals surface area contributed by atoms with Crippen molar-refractivity contribution >= 4 is 16.0 Å². The van der Waals surface area contributed by atoms with Crippen molar-refractivity contribution in [3.05, 3.63) is 12.4 Å². The smallest absolute Gasteiger partial charge is 0.243 e. The van der Waals surface area contributed by atoms with Crippen molar-refractivity contribution in [3.63, 3.8) is 0 Å². The first-order valence-electron chi connectivity index (χ1n) is 5.39. The molecular formula is C9H17N5O3S. The Labute approximate surface area is 106 Å². The van der Waals surface area contributed by atoms with Crippen LogP contribution in [0.3, 0.4) is 0 Å². The molecule has 0 aliphatic carbocycles. The number of hydrogen-bond donors (Lipinski definition) is 3. The monoisotopic (exact) mass is 275 g/mol. The minimum atomic E-state index is -3.62. The highest BCUT2D eigenvalue weighted by Crippen LogP contribution is 2.06. The van der Waals surface area contributed by atoms with E-state index in [1.54, 1.807) is 6.92 Å². The molecule has 1 rings (SSSR count). The van der Waals surface area contributed by atoms with Crippen molar-refractivity contribution in [2.75, 3.05) is 18.6 Å². The van der Waals surface area contributed by atoms with Crippen molar-refractivity contribution in [2.24, 2.45) is 5.84 Å².